The maximum atomic E-state index is 12.3. The highest BCUT2D eigenvalue weighted by Crippen LogP contribution is 2.34. The van der Waals surface area contributed by atoms with E-state index < -0.39 is 10.0 Å². The van der Waals surface area contributed by atoms with Gasteiger partial charge in [0.05, 0.1) is 12.5 Å². The van der Waals surface area contributed by atoms with Gasteiger partial charge in [0.2, 0.25) is 0 Å². The topological polar surface area (TPSA) is 66.1 Å². The lowest BCUT2D eigenvalue weighted by atomic mass is 10.3. The van der Waals surface area contributed by atoms with Gasteiger partial charge < -0.3 is 4.98 Å². The first-order valence-electron chi connectivity index (χ1n) is 5.95. The molecule has 18 heavy (non-hydrogen) atoms. The third-order valence-corrected chi connectivity index (χ3v) is 5.93. The fourth-order valence-corrected chi connectivity index (χ4v) is 5.00. The van der Waals surface area contributed by atoms with Crippen molar-refractivity contribution in [3.63, 3.8) is 0 Å². The molecule has 2 heterocycles. The Morgan fingerprint density at radius 1 is 1.50 bits per heavy atom. The zero-order valence-corrected chi connectivity index (χ0v) is 12.5. The number of rotatable bonds is 3. The molecule has 1 N–H and O–H groups in total. The van der Waals surface area contributed by atoms with Gasteiger partial charge in [0.1, 0.15) is 0 Å². The van der Waals surface area contributed by atoms with E-state index >= 15 is 0 Å². The molecule has 2 rings (SSSR count). The van der Waals surface area contributed by atoms with E-state index in [2.05, 4.69) is 30.7 Å². The quantitative estimate of drug-likeness (QED) is 0.920. The number of nitrogens with one attached hydrogen (secondary N) is 1. The van der Waals surface area contributed by atoms with Gasteiger partial charge in [0.25, 0.3) is 10.0 Å². The summed E-state index contributed by atoms with van der Waals surface area (Å²) in [5.74, 6) is 0. The van der Waals surface area contributed by atoms with Crippen molar-refractivity contribution in [3.05, 3.63) is 12.5 Å². The first-order chi connectivity index (χ1) is 8.29. The summed E-state index contributed by atoms with van der Waals surface area (Å²) >= 11 is 1.85. The Morgan fingerprint density at radius 2 is 2.22 bits per heavy atom. The molecule has 0 unspecified atom stereocenters. The molecular formula is C11H19N3O2S2. The van der Waals surface area contributed by atoms with E-state index in [0.717, 1.165) is 6.42 Å². The van der Waals surface area contributed by atoms with Crippen molar-refractivity contribution < 1.29 is 8.42 Å². The zero-order chi connectivity index (χ0) is 13.4. The van der Waals surface area contributed by atoms with Crippen LogP contribution in [0.2, 0.25) is 0 Å². The predicted octanol–water partition coefficient (Wildman–Crippen LogP) is 1.70. The summed E-state index contributed by atoms with van der Waals surface area (Å²) in [5, 5.41) is 0.562. The van der Waals surface area contributed by atoms with Crippen molar-refractivity contribution in [1.29, 1.82) is 0 Å². The number of imidazole rings is 1. The second kappa shape index (κ2) is 4.86. The van der Waals surface area contributed by atoms with E-state index in [1.54, 1.807) is 4.31 Å². The number of sulfonamides is 1. The Labute approximate surface area is 112 Å². The summed E-state index contributed by atoms with van der Waals surface area (Å²) in [6.45, 7) is 7.65. The highest BCUT2D eigenvalue weighted by Gasteiger charge is 2.35. The van der Waals surface area contributed by atoms with Crippen LogP contribution in [-0.4, -0.2) is 45.8 Å². The molecule has 5 nitrogen and oxygen atoms in total. The lowest BCUT2D eigenvalue weighted by molar-refractivity contribution is 0.475. The average Bonchev–Trinajstić information content (AvgIpc) is 2.82. The van der Waals surface area contributed by atoms with Gasteiger partial charge >= 0.3 is 0 Å². The van der Waals surface area contributed by atoms with Crippen LogP contribution in [0.1, 0.15) is 27.2 Å². The highest BCUT2D eigenvalue weighted by molar-refractivity contribution is 8.01. The van der Waals surface area contributed by atoms with Crippen molar-refractivity contribution >= 4 is 21.8 Å². The van der Waals surface area contributed by atoms with Crippen LogP contribution in [0.15, 0.2) is 17.6 Å². The molecule has 0 bridgehead atoms. The summed E-state index contributed by atoms with van der Waals surface area (Å²) in [6.07, 6.45) is 3.67. The highest BCUT2D eigenvalue weighted by atomic mass is 32.2. The molecule has 7 heteroatoms. The third kappa shape index (κ3) is 3.07. The second-order valence-corrected chi connectivity index (χ2v) is 9.45. The number of aromatic amines is 1. The first kappa shape index (κ1) is 13.9. The van der Waals surface area contributed by atoms with Gasteiger partial charge in [-0.1, -0.05) is 20.8 Å². The molecule has 1 saturated heterocycles. The summed E-state index contributed by atoms with van der Waals surface area (Å²) in [7, 11) is -3.38. The molecule has 0 amide bonds. The minimum absolute atomic E-state index is 0.165. The Hall–Kier alpha value is -0.530. The molecule has 0 aromatic carbocycles. The maximum Gasteiger partial charge on any atom is 0.260 e. The number of nitrogens with zero attached hydrogens (tertiary/aromatic N) is 2. The third-order valence-electron chi connectivity index (χ3n) is 2.72. The molecule has 0 radical (unpaired) electrons. The van der Waals surface area contributed by atoms with Gasteiger partial charge in [-0.3, -0.25) is 0 Å². The Bertz CT molecular complexity index is 491. The molecular weight excluding hydrogens is 270 g/mol. The Balaban J connectivity index is 2.05. The molecule has 1 aliphatic rings. The number of hydrogen-bond acceptors (Lipinski definition) is 4. The van der Waals surface area contributed by atoms with Crippen LogP contribution in [0.4, 0.5) is 0 Å². The number of H-pyrrole nitrogens is 1. The minimum Gasteiger partial charge on any atom is -0.335 e. The zero-order valence-electron chi connectivity index (χ0n) is 10.9. The normalized spacial score (nSPS) is 22.5. The van der Waals surface area contributed by atoms with Crippen LogP contribution in [0.25, 0.3) is 0 Å². The van der Waals surface area contributed by atoms with Gasteiger partial charge in [0.15, 0.2) is 5.03 Å². The second-order valence-electron chi connectivity index (χ2n) is 5.42. The van der Waals surface area contributed by atoms with Crippen molar-refractivity contribution in [3.8, 4) is 0 Å². The average molecular weight is 289 g/mol. The van der Waals surface area contributed by atoms with Gasteiger partial charge in [-0.25, -0.2) is 13.4 Å². The van der Waals surface area contributed by atoms with Gasteiger partial charge in [-0.05, 0) is 6.42 Å². The molecule has 1 atom stereocenters. The molecule has 1 aliphatic heterocycles. The summed E-state index contributed by atoms with van der Waals surface area (Å²) in [5.41, 5.74) is 0. The van der Waals surface area contributed by atoms with Gasteiger partial charge in [-0.2, -0.15) is 16.1 Å². The van der Waals surface area contributed by atoms with Crippen molar-refractivity contribution in [1.82, 2.24) is 14.3 Å². The fourth-order valence-electron chi connectivity index (χ4n) is 2.04. The molecule has 0 aliphatic carbocycles. The van der Waals surface area contributed by atoms with Crippen molar-refractivity contribution in [2.45, 2.75) is 42.2 Å². The van der Waals surface area contributed by atoms with Crippen LogP contribution >= 0.6 is 11.8 Å². The smallest absolute Gasteiger partial charge is 0.260 e. The first-order valence-corrected chi connectivity index (χ1v) is 8.27. The molecule has 0 saturated carbocycles. The predicted molar refractivity (Wildman–Crippen MR) is 73.1 cm³/mol. The van der Waals surface area contributed by atoms with E-state index in [1.807, 2.05) is 11.8 Å². The van der Waals surface area contributed by atoms with Crippen LogP contribution in [0.3, 0.4) is 0 Å². The lowest BCUT2D eigenvalue weighted by Gasteiger charge is -2.22. The van der Waals surface area contributed by atoms with E-state index in [-0.39, 0.29) is 9.77 Å². The van der Waals surface area contributed by atoms with Crippen LogP contribution in [0.5, 0.6) is 0 Å². The minimum atomic E-state index is -3.38. The lowest BCUT2D eigenvalue weighted by Crippen LogP contribution is -2.30. The Morgan fingerprint density at radius 3 is 2.78 bits per heavy atom. The summed E-state index contributed by atoms with van der Waals surface area (Å²) < 4.78 is 26.2. The van der Waals surface area contributed by atoms with Gasteiger partial charge in [0, 0.05) is 23.1 Å². The van der Waals surface area contributed by atoms with E-state index in [1.165, 1.54) is 12.5 Å². The molecule has 1 aromatic heterocycles. The van der Waals surface area contributed by atoms with Crippen LogP contribution in [0, 0.1) is 0 Å². The standard InChI is InChI=1S/C11H19N3O2S2/c1-11(2,3)17-9-4-5-14(7-9)18(15,16)10-6-12-8-13-10/h6,8-9H,4-5,7H2,1-3H3,(H,12,13)/t9-/m1/s1. The summed E-state index contributed by atoms with van der Waals surface area (Å²) in [6, 6.07) is 0. The van der Waals surface area contributed by atoms with E-state index in [0.29, 0.717) is 18.3 Å². The monoisotopic (exact) mass is 289 g/mol. The molecule has 1 aromatic rings. The maximum absolute atomic E-state index is 12.3. The Kier molecular flexibility index (Phi) is 3.75. The van der Waals surface area contributed by atoms with E-state index in [4.69, 9.17) is 0 Å². The van der Waals surface area contributed by atoms with Crippen LogP contribution < -0.4 is 0 Å². The molecule has 0 spiro atoms. The van der Waals surface area contributed by atoms with Crippen molar-refractivity contribution in [2.75, 3.05) is 13.1 Å². The number of thioether (sulfide) groups is 1. The number of hydrogen-bond donors (Lipinski definition) is 1. The summed E-state index contributed by atoms with van der Waals surface area (Å²) in [4.78, 5) is 6.44. The van der Waals surface area contributed by atoms with Crippen LogP contribution in [-0.2, 0) is 10.0 Å². The van der Waals surface area contributed by atoms with Crippen molar-refractivity contribution in [2.24, 2.45) is 0 Å². The fraction of sp³-hybridized carbons (Fsp3) is 0.727. The number of aromatic nitrogens is 2. The molecule has 102 valence electrons. The molecule has 1 fully saturated rings. The van der Waals surface area contributed by atoms with E-state index in [9.17, 15) is 8.42 Å². The van der Waals surface area contributed by atoms with Gasteiger partial charge in [-0.15, -0.1) is 0 Å². The largest absolute Gasteiger partial charge is 0.335 e. The SMILES string of the molecule is CC(C)(C)S[C@@H]1CCN(S(=O)(=O)c2cnc[nH]2)C1.